The predicted molar refractivity (Wildman–Crippen MR) is 61.7 cm³/mol. The van der Waals surface area contributed by atoms with Crippen LogP contribution in [0.2, 0.25) is 0 Å². The number of benzene rings is 1. The van der Waals surface area contributed by atoms with E-state index in [2.05, 4.69) is 0 Å². The van der Waals surface area contributed by atoms with E-state index < -0.39 is 0 Å². The molecular formula is C13H10O3. The molecule has 2 aromatic heterocycles. The number of rotatable bonds is 0. The number of hydrogen-bond donors (Lipinski definition) is 0. The Labute approximate surface area is 91.3 Å². The van der Waals surface area contributed by atoms with Crippen molar-refractivity contribution in [2.75, 3.05) is 0 Å². The number of hydrogen-bond acceptors (Lipinski definition) is 3. The largest absolute Gasteiger partial charge is 0.464 e. The average Bonchev–Trinajstić information content (AvgIpc) is 2.65. The first kappa shape index (κ1) is 9.21. The van der Waals surface area contributed by atoms with Gasteiger partial charge in [0.2, 0.25) is 0 Å². The van der Waals surface area contributed by atoms with E-state index in [4.69, 9.17) is 8.83 Å². The summed E-state index contributed by atoms with van der Waals surface area (Å²) in [5.41, 5.74) is 2.98. The Balaban J connectivity index is 2.69. The second kappa shape index (κ2) is 2.98. The smallest absolute Gasteiger partial charge is 0.336 e. The van der Waals surface area contributed by atoms with E-state index in [0.29, 0.717) is 5.58 Å². The van der Waals surface area contributed by atoms with Gasteiger partial charge in [-0.05, 0) is 37.1 Å². The predicted octanol–water partition coefficient (Wildman–Crippen LogP) is 3.16. The van der Waals surface area contributed by atoms with Crippen LogP contribution in [0.25, 0.3) is 21.9 Å². The SMILES string of the molecule is Cc1cc2oc(=O)cc(C)c2c2occc12. The normalized spacial score (nSPS) is 11.4. The summed E-state index contributed by atoms with van der Waals surface area (Å²) in [6.07, 6.45) is 1.65. The van der Waals surface area contributed by atoms with Crippen molar-refractivity contribution in [2.24, 2.45) is 0 Å². The fraction of sp³-hybridized carbons (Fsp3) is 0.154. The fourth-order valence-electron chi connectivity index (χ4n) is 2.11. The summed E-state index contributed by atoms with van der Waals surface area (Å²) in [6.45, 7) is 3.86. The maximum atomic E-state index is 11.3. The van der Waals surface area contributed by atoms with Gasteiger partial charge in [-0.3, -0.25) is 0 Å². The topological polar surface area (TPSA) is 43.4 Å². The van der Waals surface area contributed by atoms with Gasteiger partial charge >= 0.3 is 5.63 Å². The summed E-state index contributed by atoms with van der Waals surface area (Å²) in [6, 6.07) is 5.29. The summed E-state index contributed by atoms with van der Waals surface area (Å²) in [5.74, 6) is 0. The highest BCUT2D eigenvalue weighted by Gasteiger charge is 2.11. The molecule has 3 rings (SSSR count). The molecule has 0 radical (unpaired) electrons. The van der Waals surface area contributed by atoms with Crippen LogP contribution in [-0.2, 0) is 0 Å². The molecule has 2 heterocycles. The van der Waals surface area contributed by atoms with Crippen LogP contribution in [0.1, 0.15) is 11.1 Å². The van der Waals surface area contributed by atoms with E-state index in [1.165, 1.54) is 6.07 Å². The van der Waals surface area contributed by atoms with Gasteiger partial charge in [-0.1, -0.05) is 0 Å². The molecule has 0 aliphatic heterocycles. The van der Waals surface area contributed by atoms with E-state index in [-0.39, 0.29) is 5.63 Å². The lowest BCUT2D eigenvalue weighted by Gasteiger charge is -2.03. The Morgan fingerprint density at radius 3 is 2.75 bits per heavy atom. The zero-order chi connectivity index (χ0) is 11.3. The van der Waals surface area contributed by atoms with Crippen molar-refractivity contribution in [1.29, 1.82) is 0 Å². The molecule has 3 nitrogen and oxygen atoms in total. The van der Waals surface area contributed by atoms with Crippen molar-refractivity contribution < 1.29 is 8.83 Å². The van der Waals surface area contributed by atoms with E-state index in [1.807, 2.05) is 26.0 Å². The number of aryl methyl sites for hydroxylation is 2. The first-order valence-corrected chi connectivity index (χ1v) is 5.08. The minimum Gasteiger partial charge on any atom is -0.464 e. The molecule has 0 N–H and O–H groups in total. The Morgan fingerprint density at radius 2 is 1.94 bits per heavy atom. The molecule has 16 heavy (non-hydrogen) atoms. The molecule has 1 aromatic carbocycles. The van der Waals surface area contributed by atoms with Gasteiger partial charge in [0.25, 0.3) is 0 Å². The molecule has 3 heteroatoms. The van der Waals surface area contributed by atoms with E-state index >= 15 is 0 Å². The molecule has 0 saturated carbocycles. The summed E-state index contributed by atoms with van der Waals surface area (Å²) in [4.78, 5) is 11.3. The maximum Gasteiger partial charge on any atom is 0.336 e. The van der Waals surface area contributed by atoms with Crippen molar-refractivity contribution in [3.63, 3.8) is 0 Å². The van der Waals surface area contributed by atoms with E-state index in [1.54, 1.807) is 6.26 Å². The second-order valence-corrected chi connectivity index (χ2v) is 3.98. The van der Waals surface area contributed by atoms with Crippen LogP contribution in [0, 0.1) is 13.8 Å². The van der Waals surface area contributed by atoms with Gasteiger partial charge < -0.3 is 8.83 Å². The zero-order valence-corrected chi connectivity index (χ0v) is 9.03. The molecule has 0 fully saturated rings. The summed E-state index contributed by atoms with van der Waals surface area (Å²) in [5, 5.41) is 1.94. The summed E-state index contributed by atoms with van der Waals surface area (Å²) < 4.78 is 10.7. The van der Waals surface area contributed by atoms with Gasteiger partial charge in [-0.25, -0.2) is 4.79 Å². The first-order chi connectivity index (χ1) is 7.66. The first-order valence-electron chi connectivity index (χ1n) is 5.08. The van der Waals surface area contributed by atoms with E-state index in [0.717, 1.165) is 27.5 Å². The van der Waals surface area contributed by atoms with Crippen LogP contribution in [0.15, 0.2) is 38.1 Å². The van der Waals surface area contributed by atoms with E-state index in [9.17, 15) is 4.79 Å². The van der Waals surface area contributed by atoms with Crippen LogP contribution in [0.3, 0.4) is 0 Å². The Kier molecular flexibility index (Phi) is 1.72. The van der Waals surface area contributed by atoms with Crippen LogP contribution >= 0.6 is 0 Å². The van der Waals surface area contributed by atoms with Gasteiger partial charge in [0.05, 0.1) is 11.6 Å². The highest BCUT2D eigenvalue weighted by Crippen LogP contribution is 2.30. The van der Waals surface area contributed by atoms with Gasteiger partial charge in [-0.2, -0.15) is 0 Å². The molecule has 0 saturated heterocycles. The van der Waals surface area contributed by atoms with Crippen molar-refractivity contribution in [3.8, 4) is 0 Å². The standard InChI is InChI=1S/C13H10O3/c1-7-5-10-12(8(2)6-11(14)16-10)13-9(7)3-4-15-13/h3-6H,1-2H3. The van der Waals surface area contributed by atoms with Crippen LogP contribution in [-0.4, -0.2) is 0 Å². The lowest BCUT2D eigenvalue weighted by Crippen LogP contribution is -1.98. The maximum absolute atomic E-state index is 11.3. The van der Waals surface area contributed by atoms with Crippen LogP contribution in [0.4, 0.5) is 0 Å². The van der Waals surface area contributed by atoms with Crippen molar-refractivity contribution in [1.82, 2.24) is 0 Å². The Hall–Kier alpha value is -2.03. The molecule has 0 amide bonds. The van der Waals surface area contributed by atoms with Gasteiger partial charge in [0, 0.05) is 11.5 Å². The fourth-order valence-corrected chi connectivity index (χ4v) is 2.11. The second-order valence-electron chi connectivity index (χ2n) is 3.98. The summed E-state index contributed by atoms with van der Waals surface area (Å²) in [7, 11) is 0. The van der Waals surface area contributed by atoms with Crippen molar-refractivity contribution >= 4 is 21.9 Å². The average molecular weight is 214 g/mol. The van der Waals surface area contributed by atoms with Gasteiger partial charge in [0.1, 0.15) is 11.2 Å². The highest BCUT2D eigenvalue weighted by atomic mass is 16.4. The minimum atomic E-state index is -0.324. The molecule has 0 bridgehead atoms. The molecule has 0 unspecified atom stereocenters. The lowest BCUT2D eigenvalue weighted by atomic mass is 10.1. The third-order valence-corrected chi connectivity index (χ3v) is 2.85. The molecule has 0 spiro atoms. The minimum absolute atomic E-state index is 0.324. The molecular weight excluding hydrogens is 204 g/mol. The number of fused-ring (bicyclic) bond motifs is 3. The quantitative estimate of drug-likeness (QED) is 0.540. The molecule has 3 aromatic rings. The van der Waals surface area contributed by atoms with Crippen molar-refractivity contribution in [3.05, 3.63) is 46.0 Å². The number of furan rings is 1. The molecule has 0 aliphatic rings. The Bertz CT molecular complexity index is 747. The lowest BCUT2D eigenvalue weighted by molar-refractivity contribution is 0.558. The molecule has 0 aliphatic carbocycles. The van der Waals surface area contributed by atoms with Gasteiger partial charge in [0.15, 0.2) is 0 Å². The third-order valence-electron chi connectivity index (χ3n) is 2.85. The monoisotopic (exact) mass is 214 g/mol. The zero-order valence-electron chi connectivity index (χ0n) is 9.03. The van der Waals surface area contributed by atoms with Crippen LogP contribution < -0.4 is 5.63 Å². The highest BCUT2D eigenvalue weighted by molar-refractivity contribution is 6.05. The molecule has 80 valence electrons. The van der Waals surface area contributed by atoms with Crippen molar-refractivity contribution in [2.45, 2.75) is 13.8 Å². The summed E-state index contributed by atoms with van der Waals surface area (Å²) >= 11 is 0. The Morgan fingerprint density at radius 1 is 1.12 bits per heavy atom. The van der Waals surface area contributed by atoms with Gasteiger partial charge in [-0.15, -0.1) is 0 Å². The van der Waals surface area contributed by atoms with Crippen LogP contribution in [0.5, 0.6) is 0 Å². The third kappa shape index (κ3) is 1.11. The molecule has 0 atom stereocenters.